The summed E-state index contributed by atoms with van der Waals surface area (Å²) in [5, 5.41) is 6.71. The first-order valence-corrected chi connectivity index (χ1v) is 14.0. The average molecular weight is 562 g/mol. The normalized spacial score (nSPS) is 11.2. The first-order chi connectivity index (χ1) is 20.2. The molecule has 0 saturated carbocycles. The van der Waals surface area contributed by atoms with Crippen LogP contribution >= 0.6 is 0 Å². The Morgan fingerprint density at radius 2 is 1.52 bits per heavy atom. The van der Waals surface area contributed by atoms with Gasteiger partial charge in [0.1, 0.15) is 23.7 Å². The zero-order valence-corrected chi connectivity index (χ0v) is 24.5. The maximum absolute atomic E-state index is 13.8. The van der Waals surface area contributed by atoms with Crippen molar-refractivity contribution in [2.24, 2.45) is 7.05 Å². The van der Waals surface area contributed by atoms with Gasteiger partial charge >= 0.3 is 6.03 Å². The van der Waals surface area contributed by atoms with Gasteiger partial charge in [-0.05, 0) is 70.5 Å². The number of carbonyl (C=O) groups is 1. The summed E-state index contributed by atoms with van der Waals surface area (Å²) in [4.78, 5) is 35.9. The SMILES string of the molecule is CC(C)c1cccc(C(C)C)c1NC(=O)Nc1c(-c2cccc(OCc3ccncc3)c2)c2cccnc2n(C)c1=O. The third-order valence-corrected chi connectivity index (χ3v) is 7.27. The number of hydrogen-bond acceptors (Lipinski definition) is 5. The molecule has 0 atom stereocenters. The quantitative estimate of drug-likeness (QED) is 0.205. The summed E-state index contributed by atoms with van der Waals surface area (Å²) in [7, 11) is 1.66. The molecular weight excluding hydrogens is 526 g/mol. The van der Waals surface area contributed by atoms with E-state index in [2.05, 4.69) is 48.3 Å². The molecule has 2 N–H and O–H groups in total. The molecule has 5 rings (SSSR count). The van der Waals surface area contributed by atoms with E-state index in [0.29, 0.717) is 23.6 Å². The molecule has 5 aromatic rings. The van der Waals surface area contributed by atoms with E-state index in [-0.39, 0.29) is 23.1 Å². The second-order valence-corrected chi connectivity index (χ2v) is 10.9. The number of urea groups is 1. The fraction of sp³-hybridized carbons (Fsp3) is 0.235. The number of nitrogens with one attached hydrogen (secondary N) is 2. The number of hydrogen-bond donors (Lipinski definition) is 2. The highest BCUT2D eigenvalue weighted by molar-refractivity contribution is 6.07. The minimum Gasteiger partial charge on any atom is -0.489 e. The van der Waals surface area contributed by atoms with Gasteiger partial charge in [-0.3, -0.25) is 14.3 Å². The number of benzene rings is 2. The first kappa shape index (κ1) is 28.5. The van der Waals surface area contributed by atoms with Gasteiger partial charge in [-0.25, -0.2) is 9.78 Å². The molecule has 8 heteroatoms. The van der Waals surface area contributed by atoms with Crippen molar-refractivity contribution in [3.8, 4) is 16.9 Å². The molecule has 0 saturated heterocycles. The van der Waals surface area contributed by atoms with E-state index in [0.717, 1.165) is 33.3 Å². The summed E-state index contributed by atoms with van der Waals surface area (Å²) < 4.78 is 7.52. The van der Waals surface area contributed by atoms with Gasteiger partial charge in [0, 0.05) is 42.3 Å². The molecule has 3 heterocycles. The maximum Gasteiger partial charge on any atom is 0.323 e. The van der Waals surface area contributed by atoms with Crippen molar-refractivity contribution in [3.63, 3.8) is 0 Å². The Bertz CT molecular complexity index is 1770. The van der Waals surface area contributed by atoms with Crippen LogP contribution in [0.3, 0.4) is 0 Å². The van der Waals surface area contributed by atoms with E-state index < -0.39 is 6.03 Å². The van der Waals surface area contributed by atoms with Gasteiger partial charge in [0.25, 0.3) is 5.56 Å². The van der Waals surface area contributed by atoms with E-state index in [1.807, 2.05) is 66.7 Å². The fourth-order valence-corrected chi connectivity index (χ4v) is 5.12. The van der Waals surface area contributed by atoms with Crippen LogP contribution < -0.4 is 20.9 Å². The second kappa shape index (κ2) is 12.3. The number of carbonyl (C=O) groups excluding carboxylic acids is 1. The number of nitrogens with zero attached hydrogens (tertiary/aromatic N) is 3. The molecule has 2 aromatic carbocycles. The van der Waals surface area contributed by atoms with Crippen LogP contribution in [0.2, 0.25) is 0 Å². The van der Waals surface area contributed by atoms with Crippen molar-refractivity contribution >= 4 is 28.4 Å². The van der Waals surface area contributed by atoms with Crippen molar-refractivity contribution < 1.29 is 9.53 Å². The standard InChI is InChI=1S/C34H35N5O3/c1-21(2)26-11-7-12-27(22(3)4)30(26)37-34(41)38-31-29(28-13-8-16-36-32(28)39(5)33(31)40)24-9-6-10-25(19-24)42-20-23-14-17-35-18-15-23/h6-19,21-22H,20H2,1-5H3,(H2,37,38,41). The van der Waals surface area contributed by atoms with Gasteiger partial charge in [-0.1, -0.05) is 58.0 Å². The highest BCUT2D eigenvalue weighted by Gasteiger charge is 2.22. The lowest BCUT2D eigenvalue weighted by Gasteiger charge is -2.21. The predicted molar refractivity (Wildman–Crippen MR) is 168 cm³/mol. The van der Waals surface area contributed by atoms with E-state index in [1.54, 1.807) is 25.6 Å². The highest BCUT2D eigenvalue weighted by atomic mass is 16.5. The zero-order valence-electron chi connectivity index (χ0n) is 24.5. The van der Waals surface area contributed by atoms with E-state index in [1.165, 1.54) is 4.57 Å². The maximum atomic E-state index is 13.8. The van der Waals surface area contributed by atoms with Gasteiger partial charge in [-0.2, -0.15) is 0 Å². The van der Waals surface area contributed by atoms with Crippen molar-refractivity contribution in [3.05, 3.63) is 112 Å². The molecule has 0 aliphatic heterocycles. The Labute approximate surface area is 245 Å². The molecule has 0 aliphatic carbocycles. The number of aromatic nitrogens is 3. The van der Waals surface area contributed by atoms with Gasteiger partial charge < -0.3 is 15.4 Å². The Kier molecular flexibility index (Phi) is 8.33. The Hall–Kier alpha value is -4.98. The van der Waals surface area contributed by atoms with Crippen LogP contribution in [0.1, 0.15) is 56.2 Å². The Morgan fingerprint density at radius 1 is 0.857 bits per heavy atom. The summed E-state index contributed by atoms with van der Waals surface area (Å²) >= 11 is 0. The number of fused-ring (bicyclic) bond motifs is 1. The molecule has 0 aliphatic rings. The molecule has 0 radical (unpaired) electrons. The number of amides is 2. The molecule has 8 nitrogen and oxygen atoms in total. The molecule has 0 bridgehead atoms. The van der Waals surface area contributed by atoms with Crippen LogP contribution in [-0.4, -0.2) is 20.6 Å². The lowest BCUT2D eigenvalue weighted by Crippen LogP contribution is -2.29. The number of ether oxygens (including phenoxy) is 1. The van der Waals surface area contributed by atoms with Crippen molar-refractivity contribution in [1.82, 2.24) is 14.5 Å². The molecule has 0 fully saturated rings. The van der Waals surface area contributed by atoms with Crippen molar-refractivity contribution in [2.45, 2.75) is 46.1 Å². The molecule has 2 amide bonds. The van der Waals surface area contributed by atoms with Crippen LogP contribution in [0.5, 0.6) is 5.75 Å². The summed E-state index contributed by atoms with van der Waals surface area (Å²) in [5.74, 6) is 1.03. The summed E-state index contributed by atoms with van der Waals surface area (Å²) in [5.41, 5.74) is 5.43. The Morgan fingerprint density at radius 3 is 2.21 bits per heavy atom. The smallest absolute Gasteiger partial charge is 0.323 e. The van der Waals surface area contributed by atoms with Crippen molar-refractivity contribution in [2.75, 3.05) is 10.6 Å². The number of anilines is 2. The number of pyridine rings is 3. The van der Waals surface area contributed by atoms with Crippen LogP contribution in [0, 0.1) is 0 Å². The first-order valence-electron chi connectivity index (χ1n) is 14.0. The summed E-state index contributed by atoms with van der Waals surface area (Å²) in [6, 6.07) is 20.6. The van der Waals surface area contributed by atoms with Crippen LogP contribution in [0.25, 0.3) is 22.2 Å². The van der Waals surface area contributed by atoms with Gasteiger partial charge in [-0.15, -0.1) is 0 Å². The topological polar surface area (TPSA) is 98.1 Å². The highest BCUT2D eigenvalue weighted by Crippen LogP contribution is 2.36. The summed E-state index contributed by atoms with van der Waals surface area (Å²) in [6.45, 7) is 8.74. The van der Waals surface area contributed by atoms with E-state index >= 15 is 0 Å². The summed E-state index contributed by atoms with van der Waals surface area (Å²) in [6.07, 6.45) is 5.09. The largest absolute Gasteiger partial charge is 0.489 e. The molecule has 0 spiro atoms. The van der Waals surface area contributed by atoms with Crippen LogP contribution in [0.4, 0.5) is 16.2 Å². The Balaban J connectivity index is 1.57. The lowest BCUT2D eigenvalue weighted by molar-refractivity contribution is 0.262. The van der Waals surface area contributed by atoms with Crippen LogP contribution in [0.15, 0.2) is 90.1 Å². The molecule has 42 heavy (non-hydrogen) atoms. The van der Waals surface area contributed by atoms with Gasteiger partial charge in [0.2, 0.25) is 0 Å². The van der Waals surface area contributed by atoms with E-state index in [4.69, 9.17) is 4.74 Å². The molecule has 214 valence electrons. The number of aryl methyl sites for hydroxylation is 1. The second-order valence-electron chi connectivity index (χ2n) is 10.9. The number of para-hydroxylation sites is 1. The minimum atomic E-state index is -0.489. The van der Waals surface area contributed by atoms with Gasteiger partial charge in [0.05, 0.1) is 0 Å². The molecule has 3 aromatic heterocycles. The van der Waals surface area contributed by atoms with Crippen molar-refractivity contribution in [1.29, 1.82) is 0 Å². The third-order valence-electron chi connectivity index (χ3n) is 7.27. The van der Waals surface area contributed by atoms with Gasteiger partial charge in [0.15, 0.2) is 0 Å². The molecular formula is C34H35N5O3. The van der Waals surface area contributed by atoms with E-state index in [9.17, 15) is 9.59 Å². The lowest BCUT2D eigenvalue weighted by atomic mass is 9.93. The van der Waals surface area contributed by atoms with Crippen LogP contribution in [-0.2, 0) is 13.7 Å². The third kappa shape index (κ3) is 5.88. The molecule has 0 unspecified atom stereocenters. The zero-order chi connectivity index (χ0) is 29.8. The number of rotatable bonds is 8. The average Bonchev–Trinajstić information content (AvgIpc) is 2.99. The fourth-order valence-electron chi connectivity index (χ4n) is 5.12. The monoisotopic (exact) mass is 561 g/mol. The predicted octanol–water partition coefficient (Wildman–Crippen LogP) is 7.47. The minimum absolute atomic E-state index is 0.162.